The number of nitrogens with one attached hydrogen (secondary N) is 1. The normalized spacial score (nSPS) is 11.5. The summed E-state index contributed by atoms with van der Waals surface area (Å²) in [6, 6.07) is 15.1. The molecular weight excluding hydrogens is 514 g/mol. The van der Waals surface area contributed by atoms with Crippen molar-refractivity contribution in [3.8, 4) is 0 Å². The van der Waals surface area contributed by atoms with Gasteiger partial charge in [0.25, 0.3) is 0 Å². The molecule has 0 atom stereocenters. The van der Waals surface area contributed by atoms with Gasteiger partial charge in [0.05, 0.1) is 17.1 Å². The Labute approximate surface area is 191 Å². The molecule has 1 N–H and O–H groups in total. The van der Waals surface area contributed by atoms with E-state index in [-0.39, 0.29) is 17.1 Å². The van der Waals surface area contributed by atoms with Gasteiger partial charge in [0.15, 0.2) is 0 Å². The lowest BCUT2D eigenvalue weighted by Crippen LogP contribution is -2.37. The average molecular weight is 530 g/mol. The minimum atomic E-state index is -4.11. The zero-order chi connectivity index (χ0) is 22.6. The maximum absolute atomic E-state index is 13.9. The highest BCUT2D eigenvalue weighted by Gasteiger charge is 2.28. The van der Waals surface area contributed by atoms with Crippen molar-refractivity contribution in [1.29, 1.82) is 0 Å². The predicted molar refractivity (Wildman–Crippen MR) is 118 cm³/mol. The van der Waals surface area contributed by atoms with Crippen LogP contribution >= 0.6 is 27.5 Å². The summed E-state index contributed by atoms with van der Waals surface area (Å²) in [4.78, 5) is 12.5. The van der Waals surface area contributed by atoms with Crippen molar-refractivity contribution in [1.82, 2.24) is 4.31 Å². The van der Waals surface area contributed by atoms with Gasteiger partial charge in [-0.3, -0.25) is 4.79 Å². The van der Waals surface area contributed by atoms with Crippen LogP contribution in [-0.4, -0.2) is 25.2 Å². The van der Waals surface area contributed by atoms with Gasteiger partial charge in [-0.05, 0) is 48.0 Å². The van der Waals surface area contributed by atoms with Crippen LogP contribution in [-0.2, 0) is 21.4 Å². The molecule has 0 radical (unpaired) electrons. The van der Waals surface area contributed by atoms with Gasteiger partial charge in [0.1, 0.15) is 11.6 Å². The molecule has 3 aromatic rings. The minimum absolute atomic E-state index is 0.0347. The first-order chi connectivity index (χ1) is 14.7. The molecule has 0 unspecified atom stereocenters. The van der Waals surface area contributed by atoms with Crippen molar-refractivity contribution >= 4 is 49.1 Å². The van der Waals surface area contributed by atoms with E-state index in [1.165, 1.54) is 12.1 Å². The monoisotopic (exact) mass is 528 g/mol. The largest absolute Gasteiger partial charge is 0.322 e. The summed E-state index contributed by atoms with van der Waals surface area (Å²) in [5.74, 6) is -2.42. The summed E-state index contributed by atoms with van der Waals surface area (Å²) in [7, 11) is -4.11. The van der Waals surface area contributed by atoms with Gasteiger partial charge in [0.2, 0.25) is 15.9 Å². The lowest BCUT2D eigenvalue weighted by molar-refractivity contribution is -0.116. The van der Waals surface area contributed by atoms with Gasteiger partial charge in [-0.25, -0.2) is 17.2 Å². The first-order valence-electron chi connectivity index (χ1n) is 8.91. The van der Waals surface area contributed by atoms with Gasteiger partial charge in [0, 0.05) is 22.1 Å². The summed E-state index contributed by atoms with van der Waals surface area (Å²) in [6.07, 6.45) is 0. The van der Waals surface area contributed by atoms with E-state index in [2.05, 4.69) is 21.2 Å². The number of amides is 1. The van der Waals surface area contributed by atoms with Gasteiger partial charge < -0.3 is 5.32 Å². The Morgan fingerprint density at radius 1 is 1.03 bits per heavy atom. The Bertz CT molecular complexity index is 1210. The zero-order valence-electron chi connectivity index (χ0n) is 15.9. The van der Waals surface area contributed by atoms with Crippen LogP contribution in [0.5, 0.6) is 0 Å². The molecule has 10 heteroatoms. The van der Waals surface area contributed by atoms with Crippen LogP contribution in [0.3, 0.4) is 0 Å². The van der Waals surface area contributed by atoms with Crippen LogP contribution in [0.2, 0.25) is 5.02 Å². The predicted octanol–water partition coefficient (Wildman–Crippen LogP) is 5.21. The molecule has 0 saturated carbocycles. The molecule has 0 aliphatic heterocycles. The number of benzene rings is 3. The molecule has 0 spiro atoms. The SMILES string of the molecule is O=C(CN(Cc1ccccc1Cl)S(=O)(=O)c1ccc(Br)cc1)Nc1cc(F)ccc1F. The quantitative estimate of drug-likeness (QED) is 0.457. The van der Waals surface area contributed by atoms with E-state index < -0.39 is 34.1 Å². The molecule has 3 aromatic carbocycles. The molecule has 31 heavy (non-hydrogen) atoms. The number of rotatable bonds is 7. The standard InChI is InChI=1S/C21H16BrClF2N2O3S/c22-15-5-8-17(9-6-15)31(29,30)27(12-14-3-1-2-4-18(14)23)13-21(28)26-20-11-16(24)7-10-19(20)25/h1-11H,12-13H2,(H,26,28). The Morgan fingerprint density at radius 2 is 1.71 bits per heavy atom. The van der Waals surface area contributed by atoms with Crippen molar-refractivity contribution in [3.05, 3.63) is 93.4 Å². The smallest absolute Gasteiger partial charge is 0.243 e. The summed E-state index contributed by atoms with van der Waals surface area (Å²) in [5, 5.41) is 2.54. The highest BCUT2D eigenvalue weighted by molar-refractivity contribution is 9.10. The van der Waals surface area contributed by atoms with Crippen LogP contribution in [0, 0.1) is 11.6 Å². The van der Waals surface area contributed by atoms with E-state index in [1.54, 1.807) is 36.4 Å². The molecule has 0 fully saturated rings. The Balaban J connectivity index is 1.91. The Kier molecular flexibility index (Phi) is 7.42. The number of halogens is 4. The number of hydrogen-bond acceptors (Lipinski definition) is 3. The van der Waals surface area contributed by atoms with Crippen LogP contribution < -0.4 is 5.32 Å². The fourth-order valence-corrected chi connectivity index (χ4v) is 4.58. The third-order valence-corrected chi connectivity index (χ3v) is 6.98. The first-order valence-corrected chi connectivity index (χ1v) is 11.5. The number of sulfonamides is 1. The van der Waals surface area contributed by atoms with Crippen molar-refractivity contribution in [3.63, 3.8) is 0 Å². The Morgan fingerprint density at radius 3 is 2.39 bits per heavy atom. The van der Waals surface area contributed by atoms with E-state index in [0.29, 0.717) is 15.1 Å². The molecule has 0 aliphatic carbocycles. The van der Waals surface area contributed by atoms with Crippen molar-refractivity contribution in [2.75, 3.05) is 11.9 Å². The van der Waals surface area contributed by atoms with Crippen LogP contribution in [0.15, 0.2) is 76.1 Å². The molecule has 0 saturated heterocycles. The van der Waals surface area contributed by atoms with Crippen molar-refractivity contribution in [2.45, 2.75) is 11.4 Å². The molecule has 162 valence electrons. The third kappa shape index (κ3) is 5.88. The van der Waals surface area contributed by atoms with Crippen LogP contribution in [0.1, 0.15) is 5.56 Å². The maximum atomic E-state index is 13.9. The van der Waals surface area contributed by atoms with Gasteiger partial charge in [-0.1, -0.05) is 45.7 Å². The molecule has 1 amide bonds. The van der Waals surface area contributed by atoms with E-state index in [9.17, 15) is 22.0 Å². The molecule has 0 heterocycles. The van der Waals surface area contributed by atoms with Gasteiger partial charge >= 0.3 is 0 Å². The average Bonchev–Trinajstić information content (AvgIpc) is 2.72. The molecule has 5 nitrogen and oxygen atoms in total. The van der Waals surface area contributed by atoms with E-state index in [0.717, 1.165) is 22.5 Å². The first kappa shape index (κ1) is 23.3. The van der Waals surface area contributed by atoms with E-state index >= 15 is 0 Å². The number of carbonyl (C=O) groups is 1. The second kappa shape index (κ2) is 9.86. The third-order valence-electron chi connectivity index (χ3n) is 4.28. The highest BCUT2D eigenvalue weighted by Crippen LogP contribution is 2.24. The fourth-order valence-electron chi connectivity index (χ4n) is 2.74. The summed E-state index contributed by atoms with van der Waals surface area (Å²) in [6.45, 7) is -0.837. The van der Waals surface area contributed by atoms with Gasteiger partial charge in [-0.2, -0.15) is 4.31 Å². The Hall–Kier alpha value is -2.33. The summed E-state index contributed by atoms with van der Waals surface area (Å²) < 4.78 is 55.3. The number of hydrogen-bond donors (Lipinski definition) is 1. The van der Waals surface area contributed by atoms with Gasteiger partial charge in [-0.15, -0.1) is 0 Å². The number of anilines is 1. The van der Waals surface area contributed by atoms with Crippen molar-refractivity contribution in [2.24, 2.45) is 0 Å². The lowest BCUT2D eigenvalue weighted by atomic mass is 10.2. The fraction of sp³-hybridized carbons (Fsp3) is 0.0952. The van der Waals surface area contributed by atoms with Crippen LogP contribution in [0.4, 0.5) is 14.5 Å². The molecule has 0 bridgehead atoms. The topological polar surface area (TPSA) is 66.5 Å². The maximum Gasteiger partial charge on any atom is 0.243 e. The highest BCUT2D eigenvalue weighted by atomic mass is 79.9. The van der Waals surface area contributed by atoms with E-state index in [4.69, 9.17) is 11.6 Å². The second-order valence-corrected chi connectivity index (χ2v) is 9.75. The molecule has 0 aromatic heterocycles. The molecule has 0 aliphatic rings. The molecular formula is C21H16BrClF2N2O3S. The summed E-state index contributed by atoms with van der Waals surface area (Å²) in [5.41, 5.74) is 0.0957. The molecule has 3 rings (SSSR count). The minimum Gasteiger partial charge on any atom is -0.322 e. The number of carbonyl (C=O) groups excluding carboxylic acids is 1. The van der Waals surface area contributed by atoms with Crippen molar-refractivity contribution < 1.29 is 22.0 Å². The zero-order valence-corrected chi connectivity index (χ0v) is 19.0. The van der Waals surface area contributed by atoms with E-state index in [1.807, 2.05) is 0 Å². The van der Waals surface area contributed by atoms with Crippen LogP contribution in [0.25, 0.3) is 0 Å². The summed E-state index contributed by atoms with van der Waals surface area (Å²) >= 11 is 9.42. The number of nitrogens with zero attached hydrogens (tertiary/aromatic N) is 1. The second-order valence-electron chi connectivity index (χ2n) is 6.49. The lowest BCUT2D eigenvalue weighted by Gasteiger charge is -2.22.